The predicted octanol–water partition coefficient (Wildman–Crippen LogP) is 2.14. The second-order valence-corrected chi connectivity index (χ2v) is 6.75. The molecule has 124 valence electrons. The summed E-state index contributed by atoms with van der Waals surface area (Å²) in [5, 5.41) is 7.11. The van der Waals surface area contributed by atoms with Crippen LogP contribution < -0.4 is 10.2 Å². The maximum absolute atomic E-state index is 13.1. The minimum Gasteiger partial charge on any atom is -0.324 e. The third kappa shape index (κ3) is 2.48. The molecule has 1 unspecified atom stereocenters. The number of hydrogen-bond acceptors (Lipinski definition) is 3. The van der Waals surface area contributed by atoms with E-state index in [-0.39, 0.29) is 29.6 Å². The van der Waals surface area contributed by atoms with Crippen molar-refractivity contribution in [3.63, 3.8) is 0 Å². The normalized spacial score (nSPS) is 25.7. The third-order valence-corrected chi connectivity index (χ3v) is 4.88. The van der Waals surface area contributed by atoms with Crippen molar-refractivity contribution in [2.75, 3.05) is 16.8 Å². The zero-order chi connectivity index (χ0) is 16.8. The highest BCUT2D eigenvalue weighted by atomic mass is 16.2. The van der Waals surface area contributed by atoms with Gasteiger partial charge in [-0.1, -0.05) is 19.1 Å². The molecule has 1 N–H and O–H groups in total. The van der Waals surface area contributed by atoms with Gasteiger partial charge in [0.25, 0.3) is 0 Å². The Morgan fingerprint density at radius 2 is 2.12 bits per heavy atom. The van der Waals surface area contributed by atoms with Crippen LogP contribution in [0.15, 0.2) is 36.7 Å². The van der Waals surface area contributed by atoms with Gasteiger partial charge in [-0.2, -0.15) is 5.10 Å². The molecule has 0 radical (unpaired) electrons. The highest BCUT2D eigenvalue weighted by Gasteiger charge is 2.47. The summed E-state index contributed by atoms with van der Waals surface area (Å²) in [5.74, 6) is 0.0252. The van der Waals surface area contributed by atoms with Gasteiger partial charge in [-0.3, -0.25) is 14.3 Å². The summed E-state index contributed by atoms with van der Waals surface area (Å²) in [6, 6.07) is 7.50. The fourth-order valence-corrected chi connectivity index (χ4v) is 3.40. The molecule has 2 heterocycles. The van der Waals surface area contributed by atoms with E-state index in [9.17, 15) is 9.59 Å². The molecule has 3 atom stereocenters. The van der Waals surface area contributed by atoms with Crippen LogP contribution >= 0.6 is 0 Å². The fraction of sp³-hybridized carbons (Fsp3) is 0.389. The lowest BCUT2D eigenvalue weighted by atomic mass is 10.1. The largest absolute Gasteiger partial charge is 0.324 e. The first-order valence-corrected chi connectivity index (χ1v) is 8.24. The first kappa shape index (κ1) is 14.9. The molecular weight excluding hydrogens is 304 g/mol. The summed E-state index contributed by atoms with van der Waals surface area (Å²) in [6.45, 7) is 2.27. The quantitative estimate of drug-likeness (QED) is 0.920. The molecule has 2 aromatic rings. The lowest BCUT2D eigenvalue weighted by Gasteiger charge is -2.23. The number of aromatic nitrogens is 2. The van der Waals surface area contributed by atoms with Crippen molar-refractivity contribution in [2.24, 2.45) is 18.9 Å². The van der Waals surface area contributed by atoms with Crippen LogP contribution in [-0.4, -0.2) is 28.1 Å². The van der Waals surface area contributed by atoms with E-state index in [1.807, 2.05) is 50.6 Å². The smallest absolute Gasteiger partial charge is 0.230 e. The van der Waals surface area contributed by atoms with Gasteiger partial charge in [-0.05, 0) is 30.0 Å². The Kier molecular flexibility index (Phi) is 3.40. The number of hydrogen-bond donors (Lipinski definition) is 1. The predicted molar refractivity (Wildman–Crippen MR) is 90.6 cm³/mol. The number of amides is 2. The van der Waals surface area contributed by atoms with E-state index in [0.717, 1.165) is 17.7 Å². The zero-order valence-electron chi connectivity index (χ0n) is 13.8. The second kappa shape index (κ2) is 5.47. The molecule has 1 fully saturated rings. The van der Waals surface area contributed by atoms with Crippen LogP contribution in [-0.2, 0) is 16.6 Å². The number of rotatable bonds is 2. The number of carbonyl (C=O) groups excluding carboxylic acids is 2. The van der Waals surface area contributed by atoms with Crippen molar-refractivity contribution in [3.05, 3.63) is 42.2 Å². The Balaban J connectivity index is 1.61. The number of benzene rings is 1. The van der Waals surface area contributed by atoms with Gasteiger partial charge in [0.2, 0.25) is 11.8 Å². The minimum atomic E-state index is -0.239. The summed E-state index contributed by atoms with van der Waals surface area (Å²) >= 11 is 0. The number of fused-ring (bicyclic) bond motifs is 1. The summed E-state index contributed by atoms with van der Waals surface area (Å²) < 4.78 is 1.76. The van der Waals surface area contributed by atoms with Gasteiger partial charge in [0, 0.05) is 25.7 Å². The van der Waals surface area contributed by atoms with E-state index in [0.29, 0.717) is 12.2 Å². The molecule has 6 nitrogen and oxygen atoms in total. The number of anilines is 2. The summed E-state index contributed by atoms with van der Waals surface area (Å²) in [7, 11) is 1.88. The van der Waals surface area contributed by atoms with Gasteiger partial charge >= 0.3 is 0 Å². The van der Waals surface area contributed by atoms with E-state index >= 15 is 0 Å². The van der Waals surface area contributed by atoms with Crippen molar-refractivity contribution in [1.82, 2.24) is 9.78 Å². The highest BCUT2D eigenvalue weighted by Crippen LogP contribution is 2.49. The van der Waals surface area contributed by atoms with Crippen LogP contribution in [0.5, 0.6) is 0 Å². The topological polar surface area (TPSA) is 67.2 Å². The van der Waals surface area contributed by atoms with Gasteiger partial charge < -0.3 is 10.2 Å². The number of carbonyl (C=O) groups is 2. The first-order valence-electron chi connectivity index (χ1n) is 8.24. The number of nitrogens with one attached hydrogen (secondary N) is 1. The molecule has 4 rings (SSSR count). The van der Waals surface area contributed by atoms with Gasteiger partial charge in [0.1, 0.15) is 0 Å². The third-order valence-electron chi connectivity index (χ3n) is 4.88. The van der Waals surface area contributed by atoms with Crippen molar-refractivity contribution < 1.29 is 9.59 Å². The number of nitrogens with zero attached hydrogens (tertiary/aromatic N) is 3. The minimum absolute atomic E-state index is 0.0253. The van der Waals surface area contributed by atoms with Crippen LogP contribution in [0.2, 0.25) is 0 Å². The molecule has 0 spiro atoms. The van der Waals surface area contributed by atoms with Crippen molar-refractivity contribution in [3.8, 4) is 0 Å². The molecule has 0 saturated heterocycles. The Labute approximate surface area is 140 Å². The molecule has 1 saturated carbocycles. The molecule has 1 aliphatic carbocycles. The fourth-order valence-electron chi connectivity index (χ4n) is 3.40. The molecule has 1 aromatic heterocycles. The molecule has 24 heavy (non-hydrogen) atoms. The van der Waals surface area contributed by atoms with E-state index in [4.69, 9.17) is 0 Å². The van der Waals surface area contributed by atoms with Crippen molar-refractivity contribution >= 4 is 23.2 Å². The second-order valence-electron chi connectivity index (χ2n) is 6.75. The van der Waals surface area contributed by atoms with E-state index in [2.05, 4.69) is 10.4 Å². The van der Waals surface area contributed by atoms with E-state index < -0.39 is 0 Å². The van der Waals surface area contributed by atoms with Gasteiger partial charge in [0.15, 0.2) is 0 Å². The highest BCUT2D eigenvalue weighted by molar-refractivity contribution is 6.06. The Morgan fingerprint density at radius 3 is 2.88 bits per heavy atom. The van der Waals surface area contributed by atoms with Crippen molar-refractivity contribution in [1.29, 1.82) is 0 Å². The molecular formula is C18H20N4O2. The molecule has 2 aliphatic rings. The zero-order valence-corrected chi connectivity index (χ0v) is 13.8. The van der Waals surface area contributed by atoms with E-state index in [1.54, 1.807) is 9.58 Å². The molecule has 0 bridgehead atoms. The summed E-state index contributed by atoms with van der Waals surface area (Å²) in [6.07, 6.45) is 4.66. The average Bonchev–Trinajstić information content (AvgIpc) is 3.28. The average molecular weight is 324 g/mol. The Hall–Kier alpha value is -2.63. The van der Waals surface area contributed by atoms with Crippen molar-refractivity contribution in [2.45, 2.75) is 19.3 Å². The van der Waals surface area contributed by atoms with Gasteiger partial charge in [0.05, 0.1) is 23.5 Å². The monoisotopic (exact) mass is 324 g/mol. The van der Waals surface area contributed by atoms with E-state index in [1.165, 1.54) is 0 Å². The molecule has 1 aliphatic heterocycles. The van der Waals surface area contributed by atoms with Crippen LogP contribution in [0.1, 0.15) is 24.8 Å². The van der Waals surface area contributed by atoms with Crippen LogP contribution in [0.4, 0.5) is 11.4 Å². The standard InChI is InChI=1S/C18H20N4O2/c1-11-9-22(16-6-4-3-5-15(16)20-17(11)23)18(24)14-7-13(14)12-8-19-21(2)10-12/h3-6,8,10-11,13-14H,7,9H2,1-2H3,(H,20,23)/t11?,13-,14+/m0/s1. The number of aryl methyl sites for hydroxylation is 1. The van der Waals surface area contributed by atoms with Crippen LogP contribution in [0.25, 0.3) is 0 Å². The van der Waals surface area contributed by atoms with Crippen LogP contribution in [0, 0.1) is 11.8 Å². The summed E-state index contributed by atoms with van der Waals surface area (Å²) in [5.41, 5.74) is 2.61. The first-order chi connectivity index (χ1) is 11.5. The van der Waals surface area contributed by atoms with Gasteiger partial charge in [-0.25, -0.2) is 0 Å². The van der Waals surface area contributed by atoms with Gasteiger partial charge in [-0.15, -0.1) is 0 Å². The maximum Gasteiger partial charge on any atom is 0.230 e. The Bertz CT molecular complexity index is 813. The lowest BCUT2D eigenvalue weighted by molar-refractivity contribution is -0.120. The SMILES string of the molecule is CC1CN(C(=O)[C@@H]2C[C@H]2c2cnn(C)c2)c2ccccc2NC1=O. The number of para-hydroxylation sites is 2. The Morgan fingerprint density at radius 1 is 1.33 bits per heavy atom. The maximum atomic E-state index is 13.1. The molecule has 2 amide bonds. The molecule has 6 heteroatoms. The molecule has 1 aromatic carbocycles. The lowest BCUT2D eigenvalue weighted by Crippen LogP contribution is -2.37. The summed E-state index contributed by atoms with van der Waals surface area (Å²) in [4.78, 5) is 27.0. The van der Waals surface area contributed by atoms with Crippen LogP contribution in [0.3, 0.4) is 0 Å².